The molecule has 1 aromatic carbocycles. The van der Waals surface area contributed by atoms with Gasteiger partial charge in [0, 0.05) is 38.4 Å². The minimum absolute atomic E-state index is 0. The molecule has 0 saturated heterocycles. The zero-order chi connectivity index (χ0) is 20.4. The maximum Gasteiger partial charge on any atom is 0.407 e. The summed E-state index contributed by atoms with van der Waals surface area (Å²) in [7, 11) is 1.70. The van der Waals surface area contributed by atoms with Gasteiger partial charge in [-0.15, -0.1) is 24.0 Å². The summed E-state index contributed by atoms with van der Waals surface area (Å²) in [6.07, 6.45) is 3.42. The highest BCUT2D eigenvalue weighted by Gasteiger charge is 2.15. The van der Waals surface area contributed by atoms with Crippen LogP contribution in [0.1, 0.15) is 31.9 Å². The molecule has 0 unspecified atom stereocenters. The van der Waals surface area contributed by atoms with E-state index in [1.165, 1.54) is 5.56 Å². The van der Waals surface area contributed by atoms with E-state index in [0.717, 1.165) is 12.1 Å². The first kappa shape index (κ1) is 24.7. The van der Waals surface area contributed by atoms with E-state index in [-0.39, 0.29) is 24.0 Å². The van der Waals surface area contributed by atoms with Gasteiger partial charge < -0.3 is 20.7 Å². The molecule has 8 nitrogen and oxygen atoms in total. The van der Waals surface area contributed by atoms with Gasteiger partial charge in [-0.25, -0.2) is 4.79 Å². The van der Waals surface area contributed by atoms with Crippen molar-refractivity contribution in [2.45, 2.75) is 39.5 Å². The molecule has 0 aliphatic heterocycles. The summed E-state index contributed by atoms with van der Waals surface area (Å²) < 4.78 is 7.10. The van der Waals surface area contributed by atoms with Crippen LogP contribution < -0.4 is 16.0 Å². The number of hydrogen-bond acceptors (Lipinski definition) is 4. The summed E-state index contributed by atoms with van der Waals surface area (Å²) in [5, 5.41) is 13.5. The summed E-state index contributed by atoms with van der Waals surface area (Å²) in [6.45, 7) is 7.81. The van der Waals surface area contributed by atoms with E-state index in [9.17, 15) is 4.79 Å². The Hall–Kier alpha value is -2.30. The Morgan fingerprint density at radius 2 is 1.79 bits per heavy atom. The number of nitrogens with one attached hydrogen (secondary N) is 3. The van der Waals surface area contributed by atoms with E-state index in [1.807, 2.05) is 56.0 Å². The Morgan fingerprint density at radius 3 is 2.45 bits per heavy atom. The molecule has 0 fully saturated rings. The number of ether oxygens (including phenoxy) is 1. The van der Waals surface area contributed by atoms with Crippen LogP contribution >= 0.6 is 24.0 Å². The molecule has 1 heterocycles. The highest BCUT2D eigenvalue weighted by molar-refractivity contribution is 14.0. The van der Waals surface area contributed by atoms with Crippen molar-refractivity contribution in [3.63, 3.8) is 0 Å². The first-order valence-electron chi connectivity index (χ1n) is 9.32. The van der Waals surface area contributed by atoms with Crippen LogP contribution in [-0.4, -0.2) is 47.6 Å². The van der Waals surface area contributed by atoms with Gasteiger partial charge in [-0.1, -0.05) is 30.3 Å². The lowest BCUT2D eigenvalue weighted by Gasteiger charge is -2.19. The molecule has 160 valence electrons. The van der Waals surface area contributed by atoms with Crippen LogP contribution in [0.3, 0.4) is 0 Å². The van der Waals surface area contributed by atoms with Crippen molar-refractivity contribution >= 4 is 36.0 Å². The Balaban J connectivity index is 0.00000420. The second kappa shape index (κ2) is 12.3. The molecule has 9 heteroatoms. The second-order valence-electron chi connectivity index (χ2n) is 7.31. The maximum atomic E-state index is 11.6. The van der Waals surface area contributed by atoms with Crippen LogP contribution in [0.4, 0.5) is 4.79 Å². The molecule has 1 amide bonds. The molecular weight excluding hydrogens is 483 g/mol. The van der Waals surface area contributed by atoms with E-state index < -0.39 is 11.7 Å². The number of hydrogen-bond donors (Lipinski definition) is 3. The van der Waals surface area contributed by atoms with Crippen molar-refractivity contribution in [3.8, 4) is 0 Å². The number of carbonyl (C=O) groups excluding carboxylic acids is 1. The SMILES string of the molecule is CN=C(NCCNC(=O)OC(C)(C)C)NCc1cnn(Cc2ccccc2)c1.I. The lowest BCUT2D eigenvalue weighted by Crippen LogP contribution is -2.42. The van der Waals surface area contributed by atoms with Gasteiger partial charge in [0.05, 0.1) is 12.7 Å². The minimum atomic E-state index is -0.500. The van der Waals surface area contributed by atoms with Gasteiger partial charge in [0.25, 0.3) is 0 Å². The van der Waals surface area contributed by atoms with Crippen molar-refractivity contribution in [1.29, 1.82) is 0 Å². The average molecular weight is 514 g/mol. The fourth-order valence-electron chi connectivity index (χ4n) is 2.42. The first-order chi connectivity index (χ1) is 13.4. The molecule has 1 aromatic heterocycles. The summed E-state index contributed by atoms with van der Waals surface area (Å²) >= 11 is 0. The smallest absolute Gasteiger partial charge is 0.407 e. The quantitative estimate of drug-likeness (QED) is 0.229. The number of rotatable bonds is 7. The number of alkyl carbamates (subject to hydrolysis) is 1. The minimum Gasteiger partial charge on any atom is -0.444 e. The van der Waals surface area contributed by atoms with Gasteiger partial charge >= 0.3 is 6.09 Å². The van der Waals surface area contributed by atoms with Crippen molar-refractivity contribution in [2.24, 2.45) is 4.99 Å². The third kappa shape index (κ3) is 10.2. The number of aliphatic imine (C=N–C) groups is 1. The van der Waals surface area contributed by atoms with E-state index in [1.54, 1.807) is 7.05 Å². The van der Waals surface area contributed by atoms with E-state index in [0.29, 0.717) is 25.6 Å². The largest absolute Gasteiger partial charge is 0.444 e. The topological polar surface area (TPSA) is 92.6 Å². The Morgan fingerprint density at radius 1 is 1.10 bits per heavy atom. The summed E-state index contributed by atoms with van der Waals surface area (Å²) in [6, 6.07) is 10.2. The van der Waals surface area contributed by atoms with Gasteiger partial charge in [0.2, 0.25) is 0 Å². The van der Waals surface area contributed by atoms with E-state index in [2.05, 4.69) is 38.2 Å². The number of halogens is 1. The van der Waals surface area contributed by atoms with Gasteiger partial charge in [0.1, 0.15) is 5.60 Å². The second-order valence-corrected chi connectivity index (χ2v) is 7.31. The zero-order valence-corrected chi connectivity index (χ0v) is 19.8. The maximum absolute atomic E-state index is 11.6. The van der Waals surface area contributed by atoms with Crippen LogP contribution in [0.25, 0.3) is 0 Å². The number of benzene rings is 1. The third-order valence-electron chi connectivity index (χ3n) is 3.64. The zero-order valence-electron chi connectivity index (χ0n) is 17.4. The number of nitrogens with zero attached hydrogens (tertiary/aromatic N) is 3. The standard InChI is InChI=1S/C20H30N6O2.HI/c1-20(2,3)28-19(27)23-11-10-22-18(21-4)24-12-17-13-25-26(15-17)14-16-8-6-5-7-9-16;/h5-9,13,15H,10-12,14H2,1-4H3,(H,23,27)(H2,21,22,24);1H. The van der Waals surface area contributed by atoms with Crippen LogP contribution in [-0.2, 0) is 17.8 Å². The van der Waals surface area contributed by atoms with Crippen LogP contribution in [0.5, 0.6) is 0 Å². The monoisotopic (exact) mass is 514 g/mol. The Kier molecular flexibility index (Phi) is 10.5. The van der Waals surface area contributed by atoms with Crippen molar-refractivity contribution in [2.75, 3.05) is 20.1 Å². The van der Waals surface area contributed by atoms with Gasteiger partial charge in [0.15, 0.2) is 5.96 Å². The molecule has 0 aliphatic rings. The lowest BCUT2D eigenvalue weighted by atomic mass is 10.2. The molecule has 0 saturated carbocycles. The average Bonchev–Trinajstić information content (AvgIpc) is 3.08. The molecule has 0 spiro atoms. The molecule has 29 heavy (non-hydrogen) atoms. The molecule has 0 atom stereocenters. The molecule has 2 rings (SSSR count). The third-order valence-corrected chi connectivity index (χ3v) is 3.64. The Bertz CT molecular complexity index is 771. The number of guanidine groups is 1. The molecule has 2 aromatic rings. The van der Waals surface area contributed by atoms with Crippen LogP contribution in [0, 0.1) is 0 Å². The van der Waals surface area contributed by atoms with Crippen molar-refractivity contribution < 1.29 is 9.53 Å². The molecule has 0 radical (unpaired) electrons. The van der Waals surface area contributed by atoms with E-state index >= 15 is 0 Å². The fourth-order valence-corrected chi connectivity index (χ4v) is 2.42. The predicted molar refractivity (Wildman–Crippen MR) is 126 cm³/mol. The van der Waals surface area contributed by atoms with Gasteiger partial charge in [-0.05, 0) is 26.3 Å². The van der Waals surface area contributed by atoms with Crippen molar-refractivity contribution in [3.05, 3.63) is 53.9 Å². The summed E-state index contributed by atoms with van der Waals surface area (Å²) in [5.74, 6) is 0.654. The fraction of sp³-hybridized carbons (Fsp3) is 0.450. The van der Waals surface area contributed by atoms with Gasteiger partial charge in [-0.3, -0.25) is 9.67 Å². The lowest BCUT2D eigenvalue weighted by molar-refractivity contribution is 0.0529. The number of aromatic nitrogens is 2. The van der Waals surface area contributed by atoms with Crippen LogP contribution in [0.15, 0.2) is 47.7 Å². The molecule has 0 bridgehead atoms. The first-order valence-corrected chi connectivity index (χ1v) is 9.32. The molecule has 3 N–H and O–H groups in total. The molecular formula is C20H31IN6O2. The van der Waals surface area contributed by atoms with Gasteiger partial charge in [-0.2, -0.15) is 5.10 Å². The van der Waals surface area contributed by atoms with E-state index in [4.69, 9.17) is 4.74 Å². The number of carbonyl (C=O) groups is 1. The normalized spacial score (nSPS) is 11.4. The summed E-state index contributed by atoms with van der Waals surface area (Å²) in [4.78, 5) is 15.8. The Labute approximate surface area is 189 Å². The highest BCUT2D eigenvalue weighted by Crippen LogP contribution is 2.06. The van der Waals surface area contributed by atoms with Crippen LogP contribution in [0.2, 0.25) is 0 Å². The number of amides is 1. The predicted octanol–water partition coefficient (Wildman–Crippen LogP) is 2.74. The molecule has 0 aliphatic carbocycles. The van der Waals surface area contributed by atoms with Crippen molar-refractivity contribution in [1.82, 2.24) is 25.7 Å². The summed E-state index contributed by atoms with van der Waals surface area (Å²) in [5.41, 5.74) is 1.77. The highest BCUT2D eigenvalue weighted by atomic mass is 127.